The highest BCUT2D eigenvalue weighted by molar-refractivity contribution is 5.82. The number of aliphatic hydroxyl groups excluding tert-OH is 10. The highest BCUT2D eigenvalue weighted by atomic mass is 16.8. The maximum absolute atomic E-state index is 13.5. The molecule has 21 nitrogen and oxygen atoms in total. The molecule has 3 heterocycles. The number of allylic oxidation sites excluding steroid dienone is 8. The second-order valence-electron chi connectivity index (χ2n) is 17.3. The van der Waals surface area contributed by atoms with Crippen LogP contribution in [0.5, 0.6) is 11.5 Å². The Morgan fingerprint density at radius 1 is 0.648 bits per heavy atom. The molecule has 0 spiro atoms. The van der Waals surface area contributed by atoms with Gasteiger partial charge in [-0.2, -0.15) is 0 Å². The number of carbonyl (C=O) groups is 2. The summed E-state index contributed by atoms with van der Waals surface area (Å²) in [6.07, 6.45) is -3.36. The van der Waals surface area contributed by atoms with Crippen LogP contribution in [0.25, 0.3) is 0 Å². The van der Waals surface area contributed by atoms with Crippen molar-refractivity contribution in [3.8, 4) is 11.5 Å². The van der Waals surface area contributed by atoms with Crippen molar-refractivity contribution in [3.05, 3.63) is 96.2 Å². The molecule has 21 heteroatoms. The average Bonchev–Trinajstić information content (AvgIpc) is 3.34. The number of phenols is 2. The smallest absolute Gasteiger partial charge is 0.331 e. The number of aliphatic hydroxyl groups is 10. The molecule has 1 aromatic rings. The van der Waals surface area contributed by atoms with E-state index in [4.69, 9.17) is 33.2 Å². The molecule has 16 atom stereocenters. The number of aromatic hydroxyl groups is 2. The molecule has 0 unspecified atom stereocenters. The summed E-state index contributed by atoms with van der Waals surface area (Å²) in [5.41, 5.74) is -0.400. The van der Waals surface area contributed by atoms with Gasteiger partial charge in [-0.05, 0) is 43.7 Å². The Labute approximate surface area is 412 Å². The number of hydrogen-bond donors (Lipinski definition) is 12. The van der Waals surface area contributed by atoms with Crippen molar-refractivity contribution in [2.24, 2.45) is 0 Å². The van der Waals surface area contributed by atoms with Crippen molar-refractivity contribution in [2.45, 2.75) is 176 Å². The third-order valence-electron chi connectivity index (χ3n) is 11.8. The first-order valence-electron chi connectivity index (χ1n) is 23.9. The summed E-state index contributed by atoms with van der Waals surface area (Å²) in [6, 6.07) is 1.96. The summed E-state index contributed by atoms with van der Waals surface area (Å²) >= 11 is 0. The molecule has 3 aliphatic heterocycles. The third kappa shape index (κ3) is 17.7. The first-order valence-corrected chi connectivity index (χ1v) is 23.9. The van der Waals surface area contributed by atoms with Gasteiger partial charge in [0.25, 0.3) is 0 Å². The van der Waals surface area contributed by atoms with Gasteiger partial charge in [-0.25, -0.2) is 9.59 Å². The first kappa shape index (κ1) is 59.2. The topological polar surface area (TPSA) is 342 Å². The van der Waals surface area contributed by atoms with Crippen molar-refractivity contribution in [2.75, 3.05) is 13.2 Å². The van der Waals surface area contributed by atoms with Crippen LogP contribution in [0, 0.1) is 0 Å². The van der Waals surface area contributed by atoms with Crippen LogP contribution in [0.4, 0.5) is 0 Å². The minimum Gasteiger partial charge on any atom is -0.508 e. The van der Waals surface area contributed by atoms with E-state index in [9.17, 15) is 70.9 Å². The maximum atomic E-state index is 13.5. The zero-order valence-electron chi connectivity index (χ0n) is 39.8. The number of benzene rings is 1. The van der Waals surface area contributed by atoms with Crippen LogP contribution >= 0.6 is 0 Å². The summed E-state index contributed by atoms with van der Waals surface area (Å²) in [5.74, 6) is -3.12. The van der Waals surface area contributed by atoms with Gasteiger partial charge >= 0.3 is 11.9 Å². The highest BCUT2D eigenvalue weighted by Gasteiger charge is 2.55. The van der Waals surface area contributed by atoms with Gasteiger partial charge in [0.05, 0.1) is 19.3 Å². The predicted molar refractivity (Wildman–Crippen MR) is 250 cm³/mol. The van der Waals surface area contributed by atoms with Crippen LogP contribution in [0.2, 0.25) is 0 Å². The molecule has 398 valence electrons. The average molecular weight is 1010 g/mol. The molecular weight excluding hydrogens is 937 g/mol. The lowest BCUT2D eigenvalue weighted by molar-refractivity contribution is -0.395. The molecule has 0 aliphatic carbocycles. The number of ether oxygens (including phenoxy) is 7. The van der Waals surface area contributed by atoms with E-state index in [2.05, 4.69) is 13.8 Å². The zero-order valence-corrected chi connectivity index (χ0v) is 39.8. The Morgan fingerprint density at radius 2 is 1.28 bits per heavy atom. The number of hydrogen-bond acceptors (Lipinski definition) is 21. The molecule has 71 heavy (non-hydrogen) atoms. The van der Waals surface area contributed by atoms with Crippen molar-refractivity contribution < 1.29 is 104 Å². The van der Waals surface area contributed by atoms with Crippen molar-refractivity contribution in [3.63, 3.8) is 0 Å². The van der Waals surface area contributed by atoms with E-state index >= 15 is 0 Å². The SMILES string of the molecule is CCCCC/C=C\C=C\C(=O)OC[C@H]1O[C@@H](O[C@H]2[C@H](OC(=O)/C=C/C=C/C[C@H](O)/C=C/C=C/CCCCC)[C@@H](O)[C@H](c3c(O)cc(O)cc3CO)O[C@@H]2CO)[C@H](O[C@@H]2O[C@H](O)[C@H](O)[C@H](O)[C@H]2O)[C@@H](O)[C@H]1O. The summed E-state index contributed by atoms with van der Waals surface area (Å²) < 4.78 is 40.2. The second kappa shape index (κ2) is 30.6. The molecule has 3 fully saturated rings. The van der Waals surface area contributed by atoms with E-state index in [0.717, 1.165) is 75.7 Å². The maximum Gasteiger partial charge on any atom is 0.331 e. The molecule has 3 saturated heterocycles. The van der Waals surface area contributed by atoms with Gasteiger partial charge in [0.2, 0.25) is 0 Å². The van der Waals surface area contributed by atoms with Gasteiger partial charge in [-0.15, -0.1) is 0 Å². The fourth-order valence-corrected chi connectivity index (χ4v) is 7.90. The first-order chi connectivity index (χ1) is 34.1. The fourth-order valence-electron chi connectivity index (χ4n) is 7.90. The third-order valence-corrected chi connectivity index (χ3v) is 11.8. The Balaban J connectivity index is 1.65. The summed E-state index contributed by atoms with van der Waals surface area (Å²) in [4.78, 5) is 26.2. The van der Waals surface area contributed by atoms with E-state index in [0.29, 0.717) is 0 Å². The molecule has 0 aromatic heterocycles. The fraction of sp³-hybridized carbons (Fsp3) is 0.600. The quantitative estimate of drug-likeness (QED) is 0.0267. The highest BCUT2D eigenvalue weighted by Crippen LogP contribution is 2.43. The number of esters is 2. The predicted octanol–water partition coefficient (Wildman–Crippen LogP) is 1.06. The van der Waals surface area contributed by atoms with Gasteiger partial charge in [-0.3, -0.25) is 0 Å². The molecule has 0 radical (unpaired) electrons. The van der Waals surface area contributed by atoms with E-state index < -0.39 is 141 Å². The van der Waals surface area contributed by atoms with Crippen LogP contribution in [-0.4, -0.2) is 179 Å². The Bertz CT molecular complexity index is 1950. The van der Waals surface area contributed by atoms with E-state index in [-0.39, 0.29) is 17.5 Å². The molecule has 12 N–H and O–H groups in total. The normalized spacial score (nSPS) is 32.3. The summed E-state index contributed by atoms with van der Waals surface area (Å²) in [5, 5.41) is 129. The monoisotopic (exact) mass is 1010 g/mol. The summed E-state index contributed by atoms with van der Waals surface area (Å²) in [6.45, 7) is 1.69. The van der Waals surface area contributed by atoms with Crippen LogP contribution in [0.15, 0.2) is 85.0 Å². The van der Waals surface area contributed by atoms with Crippen molar-refractivity contribution in [1.82, 2.24) is 0 Å². The lowest BCUT2D eigenvalue weighted by Gasteiger charge is -2.49. The number of carbonyl (C=O) groups excluding carboxylic acids is 2. The molecular formula is C50H72O21. The van der Waals surface area contributed by atoms with Crippen LogP contribution in [0.1, 0.15) is 88.9 Å². The van der Waals surface area contributed by atoms with Gasteiger partial charge in [0.1, 0.15) is 85.2 Å². The van der Waals surface area contributed by atoms with Crippen molar-refractivity contribution >= 4 is 11.9 Å². The minimum atomic E-state index is -2.13. The lowest BCUT2D eigenvalue weighted by Crippen LogP contribution is -2.66. The Hall–Kier alpha value is -4.40. The second-order valence-corrected chi connectivity index (χ2v) is 17.3. The van der Waals surface area contributed by atoms with Crippen LogP contribution in [0.3, 0.4) is 0 Å². The molecule has 1 aromatic carbocycles. The lowest BCUT2D eigenvalue weighted by atomic mass is 9.88. The van der Waals surface area contributed by atoms with E-state index in [1.807, 2.05) is 18.2 Å². The molecule has 0 amide bonds. The molecule has 4 rings (SSSR count). The minimum absolute atomic E-state index is 0.130. The van der Waals surface area contributed by atoms with Gasteiger partial charge in [0, 0.05) is 23.8 Å². The Morgan fingerprint density at radius 3 is 1.93 bits per heavy atom. The number of rotatable bonds is 26. The zero-order chi connectivity index (χ0) is 52.0. The van der Waals surface area contributed by atoms with Gasteiger partial charge in [0.15, 0.2) is 25.0 Å². The van der Waals surface area contributed by atoms with E-state index in [1.165, 1.54) is 18.2 Å². The van der Waals surface area contributed by atoms with Crippen LogP contribution < -0.4 is 0 Å². The van der Waals surface area contributed by atoms with E-state index in [1.54, 1.807) is 24.3 Å². The van der Waals surface area contributed by atoms with Gasteiger partial charge in [-0.1, -0.05) is 100 Å². The van der Waals surface area contributed by atoms with Gasteiger partial charge < -0.3 is 94.4 Å². The molecule has 0 bridgehead atoms. The number of unbranched alkanes of at least 4 members (excludes halogenated alkanes) is 6. The largest absolute Gasteiger partial charge is 0.508 e. The molecule has 0 saturated carbocycles. The standard InChI is InChI=1S/C50H72O21/c1-3-5-7-9-11-13-16-20-30(53)21-17-15-19-23-36(57)68-46-43(63)45(37-29(26-51)24-31(54)25-32(37)55)66-33(27-52)44(46)69-50-47(70-49-42(62)39(59)41(61)48(64)71-49)40(60)38(58)34(67-50)28-65-35(56)22-18-14-12-10-8-6-4-2/h11-20,22-25,30,33-34,38-55,58-64H,3-10,21,26-28H2,1-2H3/b13-11+,14-12-,17-15+,20-16+,22-18+,23-19+/t30-,33-,34-,38+,39+,40+,41-,42-,43+,44-,45+,46-,47-,48+,49-,50+/m1/s1. The Kier molecular flexibility index (Phi) is 25.5. The van der Waals surface area contributed by atoms with Crippen LogP contribution in [-0.2, 0) is 49.4 Å². The summed E-state index contributed by atoms with van der Waals surface area (Å²) in [7, 11) is 0. The molecule has 3 aliphatic rings. The van der Waals surface area contributed by atoms with Crippen molar-refractivity contribution in [1.29, 1.82) is 0 Å². The number of phenolic OH excluding ortho intramolecular Hbond substituents is 2.